The Morgan fingerprint density at radius 2 is 1.75 bits per heavy atom. The molecule has 0 amide bonds. The summed E-state index contributed by atoms with van der Waals surface area (Å²) in [5.41, 5.74) is 3.46. The molecule has 1 aromatic heterocycles. The molecule has 20 heavy (non-hydrogen) atoms. The fraction of sp³-hybridized carbons (Fsp3) is 0.0667. The lowest BCUT2D eigenvalue weighted by Gasteiger charge is -2.12. The number of benzene rings is 2. The fourth-order valence-electron chi connectivity index (χ4n) is 2.02. The largest absolute Gasteiger partial charge is 0.353 e. The summed E-state index contributed by atoms with van der Waals surface area (Å²) in [6, 6.07) is 13.3. The first-order valence-corrected chi connectivity index (χ1v) is 6.85. The Hall–Kier alpha value is -1.84. The minimum Gasteiger partial charge on any atom is -0.353 e. The van der Waals surface area contributed by atoms with Gasteiger partial charge in [-0.05, 0) is 31.2 Å². The number of anilines is 2. The van der Waals surface area contributed by atoms with Crippen LogP contribution in [-0.2, 0) is 0 Å². The Kier molecular flexibility index (Phi) is 3.47. The second-order valence-electron chi connectivity index (χ2n) is 4.43. The Balaban J connectivity index is 2.10. The van der Waals surface area contributed by atoms with E-state index in [0.717, 1.165) is 28.0 Å². The summed E-state index contributed by atoms with van der Waals surface area (Å²) in [7, 11) is 0. The SMILES string of the molecule is Cc1nnc2ccccc2c1Nc1ccc(Cl)c(Cl)c1. The van der Waals surface area contributed by atoms with E-state index in [1.54, 1.807) is 12.1 Å². The van der Waals surface area contributed by atoms with E-state index in [-0.39, 0.29) is 0 Å². The zero-order chi connectivity index (χ0) is 14.1. The normalized spacial score (nSPS) is 10.8. The molecular weight excluding hydrogens is 293 g/mol. The highest BCUT2D eigenvalue weighted by atomic mass is 35.5. The van der Waals surface area contributed by atoms with Gasteiger partial charge in [-0.15, -0.1) is 0 Å². The minimum absolute atomic E-state index is 0.514. The van der Waals surface area contributed by atoms with Gasteiger partial charge in [0.15, 0.2) is 0 Å². The van der Waals surface area contributed by atoms with Gasteiger partial charge in [-0.2, -0.15) is 10.2 Å². The van der Waals surface area contributed by atoms with Gasteiger partial charge in [0.2, 0.25) is 0 Å². The van der Waals surface area contributed by atoms with E-state index in [0.29, 0.717) is 10.0 Å². The Bertz CT molecular complexity index is 787. The number of hydrogen-bond donors (Lipinski definition) is 1. The van der Waals surface area contributed by atoms with Gasteiger partial charge in [0, 0.05) is 11.1 Å². The molecule has 0 aliphatic carbocycles. The van der Waals surface area contributed by atoms with Crippen molar-refractivity contribution in [2.45, 2.75) is 6.92 Å². The maximum Gasteiger partial charge on any atom is 0.0950 e. The van der Waals surface area contributed by atoms with Gasteiger partial charge in [-0.1, -0.05) is 41.4 Å². The van der Waals surface area contributed by atoms with Gasteiger partial charge in [-0.3, -0.25) is 0 Å². The number of halogens is 2. The van der Waals surface area contributed by atoms with Crippen LogP contribution in [0.3, 0.4) is 0 Å². The molecule has 1 heterocycles. The highest BCUT2D eigenvalue weighted by Gasteiger charge is 2.08. The topological polar surface area (TPSA) is 37.8 Å². The first-order chi connectivity index (χ1) is 9.65. The molecule has 0 aliphatic rings. The molecule has 3 aromatic rings. The second kappa shape index (κ2) is 5.27. The number of hydrogen-bond acceptors (Lipinski definition) is 3. The summed E-state index contributed by atoms with van der Waals surface area (Å²) in [4.78, 5) is 0. The number of nitrogens with zero attached hydrogens (tertiary/aromatic N) is 2. The Morgan fingerprint density at radius 3 is 2.55 bits per heavy atom. The van der Waals surface area contributed by atoms with Crippen LogP contribution < -0.4 is 5.32 Å². The highest BCUT2D eigenvalue weighted by Crippen LogP contribution is 2.30. The summed E-state index contributed by atoms with van der Waals surface area (Å²) >= 11 is 12.0. The van der Waals surface area contributed by atoms with Crippen LogP contribution in [0.25, 0.3) is 10.9 Å². The molecule has 0 aliphatic heterocycles. The molecule has 0 atom stereocenters. The third-order valence-corrected chi connectivity index (χ3v) is 3.77. The van der Waals surface area contributed by atoms with Crippen molar-refractivity contribution in [2.75, 3.05) is 5.32 Å². The summed E-state index contributed by atoms with van der Waals surface area (Å²) in [5, 5.41) is 13.8. The van der Waals surface area contributed by atoms with Gasteiger partial charge >= 0.3 is 0 Å². The van der Waals surface area contributed by atoms with Crippen LogP contribution in [0.5, 0.6) is 0 Å². The number of rotatable bonds is 2. The predicted molar refractivity (Wildman–Crippen MR) is 84.0 cm³/mol. The molecule has 0 saturated carbocycles. The van der Waals surface area contributed by atoms with Crippen LogP contribution >= 0.6 is 23.2 Å². The average molecular weight is 304 g/mol. The maximum absolute atomic E-state index is 6.04. The zero-order valence-electron chi connectivity index (χ0n) is 10.7. The Labute approximate surface area is 126 Å². The molecule has 3 nitrogen and oxygen atoms in total. The summed E-state index contributed by atoms with van der Waals surface area (Å²) in [5.74, 6) is 0. The van der Waals surface area contributed by atoms with Crippen molar-refractivity contribution in [1.82, 2.24) is 10.2 Å². The molecule has 5 heteroatoms. The van der Waals surface area contributed by atoms with Gasteiger partial charge in [-0.25, -0.2) is 0 Å². The third-order valence-electron chi connectivity index (χ3n) is 3.03. The number of aromatic nitrogens is 2. The monoisotopic (exact) mass is 303 g/mol. The third kappa shape index (κ3) is 2.42. The average Bonchev–Trinajstić information content (AvgIpc) is 2.46. The van der Waals surface area contributed by atoms with Crippen molar-refractivity contribution in [1.29, 1.82) is 0 Å². The molecule has 0 unspecified atom stereocenters. The fourth-order valence-corrected chi connectivity index (χ4v) is 2.32. The van der Waals surface area contributed by atoms with Crippen LogP contribution in [-0.4, -0.2) is 10.2 Å². The number of nitrogens with one attached hydrogen (secondary N) is 1. The number of fused-ring (bicyclic) bond motifs is 1. The standard InChI is InChI=1S/C15H11Cl2N3/c1-9-15(11-4-2-3-5-14(11)20-19-9)18-10-6-7-12(16)13(17)8-10/h2-8H,1H3,(H,18,20). The molecule has 0 spiro atoms. The van der Waals surface area contributed by atoms with E-state index < -0.39 is 0 Å². The summed E-state index contributed by atoms with van der Waals surface area (Å²) < 4.78 is 0. The maximum atomic E-state index is 6.04. The smallest absolute Gasteiger partial charge is 0.0950 e. The van der Waals surface area contributed by atoms with Crippen LogP contribution in [0, 0.1) is 6.92 Å². The molecule has 0 bridgehead atoms. The minimum atomic E-state index is 0.514. The molecule has 0 fully saturated rings. The zero-order valence-corrected chi connectivity index (χ0v) is 12.2. The quantitative estimate of drug-likeness (QED) is 0.725. The summed E-state index contributed by atoms with van der Waals surface area (Å²) in [6.07, 6.45) is 0. The van der Waals surface area contributed by atoms with Crippen molar-refractivity contribution < 1.29 is 0 Å². The molecule has 3 rings (SSSR count). The van der Waals surface area contributed by atoms with Crippen LogP contribution in [0.2, 0.25) is 10.0 Å². The van der Waals surface area contributed by atoms with E-state index >= 15 is 0 Å². The van der Waals surface area contributed by atoms with E-state index in [1.165, 1.54) is 0 Å². The Morgan fingerprint density at radius 1 is 0.950 bits per heavy atom. The van der Waals surface area contributed by atoms with Gasteiger partial charge in [0.25, 0.3) is 0 Å². The molecule has 2 aromatic carbocycles. The lowest BCUT2D eigenvalue weighted by molar-refractivity contribution is 1.02. The van der Waals surface area contributed by atoms with E-state index in [1.807, 2.05) is 37.3 Å². The van der Waals surface area contributed by atoms with Crippen molar-refractivity contribution in [3.05, 3.63) is 58.2 Å². The van der Waals surface area contributed by atoms with E-state index in [9.17, 15) is 0 Å². The lowest BCUT2D eigenvalue weighted by atomic mass is 10.1. The van der Waals surface area contributed by atoms with Crippen LogP contribution in [0.1, 0.15) is 5.69 Å². The first kappa shape index (κ1) is 13.2. The molecule has 100 valence electrons. The van der Waals surface area contributed by atoms with Crippen molar-refractivity contribution in [3.63, 3.8) is 0 Å². The van der Waals surface area contributed by atoms with Crippen LogP contribution in [0.15, 0.2) is 42.5 Å². The number of aryl methyl sites for hydroxylation is 1. The van der Waals surface area contributed by atoms with E-state index in [2.05, 4.69) is 15.5 Å². The summed E-state index contributed by atoms with van der Waals surface area (Å²) in [6.45, 7) is 1.92. The highest BCUT2D eigenvalue weighted by molar-refractivity contribution is 6.42. The van der Waals surface area contributed by atoms with Gasteiger partial charge in [0.05, 0.1) is 26.9 Å². The van der Waals surface area contributed by atoms with Crippen molar-refractivity contribution in [3.8, 4) is 0 Å². The lowest BCUT2D eigenvalue weighted by Crippen LogP contribution is -1.99. The van der Waals surface area contributed by atoms with Crippen LogP contribution in [0.4, 0.5) is 11.4 Å². The molecular formula is C15H11Cl2N3. The van der Waals surface area contributed by atoms with E-state index in [4.69, 9.17) is 23.2 Å². The second-order valence-corrected chi connectivity index (χ2v) is 5.25. The van der Waals surface area contributed by atoms with Gasteiger partial charge < -0.3 is 5.32 Å². The van der Waals surface area contributed by atoms with Crippen molar-refractivity contribution in [2.24, 2.45) is 0 Å². The van der Waals surface area contributed by atoms with Crippen molar-refractivity contribution >= 4 is 45.5 Å². The molecule has 0 saturated heterocycles. The first-order valence-electron chi connectivity index (χ1n) is 6.09. The predicted octanol–water partition coefficient (Wildman–Crippen LogP) is 4.99. The molecule has 1 N–H and O–H groups in total. The van der Waals surface area contributed by atoms with Gasteiger partial charge in [0.1, 0.15) is 0 Å². The molecule has 0 radical (unpaired) electrons.